The first kappa shape index (κ1) is 20.1. The number of nitrogens with zero attached hydrogens (tertiary/aromatic N) is 3. The number of aryl methyl sites for hydroxylation is 2. The zero-order chi connectivity index (χ0) is 18.2. The van der Waals surface area contributed by atoms with Gasteiger partial charge in [0.2, 0.25) is 0 Å². The van der Waals surface area contributed by atoms with Gasteiger partial charge in [-0.3, -0.25) is 4.90 Å². The van der Waals surface area contributed by atoms with E-state index in [1.807, 2.05) is 6.92 Å². The lowest BCUT2D eigenvalue weighted by molar-refractivity contribution is -0.0679. The number of aliphatic imine (C=N–C) groups is 1. The van der Waals surface area contributed by atoms with E-state index in [2.05, 4.69) is 48.2 Å². The number of thiazole rings is 1. The molecule has 0 bridgehead atoms. The van der Waals surface area contributed by atoms with Crippen LogP contribution in [0, 0.1) is 13.8 Å². The molecule has 1 fully saturated rings. The van der Waals surface area contributed by atoms with Crippen LogP contribution < -0.4 is 10.6 Å². The molecule has 1 saturated heterocycles. The lowest BCUT2D eigenvalue weighted by atomic mass is 10.2. The molecule has 1 aliphatic rings. The standard InChI is InChI=1S/C18H33N5OS/c1-6-19-18(21-10-17-15(4)22-16(5)25-17)20-8-7-9-23-11-13(2)24-14(3)12-23/h13-14H,6-12H2,1-5H3,(H2,19,20,21). The van der Waals surface area contributed by atoms with E-state index in [0.29, 0.717) is 18.8 Å². The highest BCUT2D eigenvalue weighted by Crippen LogP contribution is 2.17. The number of ether oxygens (including phenoxy) is 1. The van der Waals surface area contributed by atoms with E-state index in [1.165, 1.54) is 4.88 Å². The van der Waals surface area contributed by atoms with Gasteiger partial charge in [-0.25, -0.2) is 9.98 Å². The van der Waals surface area contributed by atoms with Crippen LogP contribution in [0.2, 0.25) is 0 Å². The fourth-order valence-electron chi connectivity index (χ4n) is 3.19. The Bertz CT molecular complexity index is 550. The topological polar surface area (TPSA) is 61.8 Å². The number of nitrogens with one attached hydrogen (secondary N) is 2. The highest BCUT2D eigenvalue weighted by atomic mass is 32.1. The predicted molar refractivity (Wildman–Crippen MR) is 105 cm³/mol. The molecule has 6 nitrogen and oxygen atoms in total. The normalized spacial score (nSPS) is 22.2. The zero-order valence-electron chi connectivity index (χ0n) is 16.3. The molecule has 0 saturated carbocycles. The van der Waals surface area contributed by atoms with Gasteiger partial charge in [-0.1, -0.05) is 0 Å². The summed E-state index contributed by atoms with van der Waals surface area (Å²) in [6, 6.07) is 0. The second-order valence-corrected chi connectivity index (χ2v) is 8.02. The summed E-state index contributed by atoms with van der Waals surface area (Å²) >= 11 is 1.73. The quantitative estimate of drug-likeness (QED) is 0.440. The first-order valence-corrected chi connectivity index (χ1v) is 10.1. The maximum Gasteiger partial charge on any atom is 0.191 e. The molecule has 0 aliphatic carbocycles. The summed E-state index contributed by atoms with van der Waals surface area (Å²) in [5.74, 6) is 0.886. The van der Waals surface area contributed by atoms with Gasteiger partial charge >= 0.3 is 0 Å². The molecule has 0 spiro atoms. The van der Waals surface area contributed by atoms with Gasteiger partial charge in [-0.2, -0.15) is 0 Å². The van der Waals surface area contributed by atoms with E-state index >= 15 is 0 Å². The molecule has 25 heavy (non-hydrogen) atoms. The third-order valence-electron chi connectivity index (χ3n) is 4.16. The Kier molecular flexibility index (Phi) is 8.12. The Morgan fingerprint density at radius 3 is 2.60 bits per heavy atom. The van der Waals surface area contributed by atoms with Gasteiger partial charge in [-0.05, 0) is 41.0 Å². The van der Waals surface area contributed by atoms with Crippen LogP contribution in [-0.2, 0) is 11.3 Å². The maximum atomic E-state index is 5.79. The van der Waals surface area contributed by atoms with Gasteiger partial charge < -0.3 is 15.4 Å². The van der Waals surface area contributed by atoms with Crippen LogP contribution in [0.15, 0.2) is 4.99 Å². The Balaban J connectivity index is 1.75. The molecule has 2 atom stereocenters. The molecule has 0 radical (unpaired) electrons. The molecule has 2 unspecified atom stereocenters. The van der Waals surface area contributed by atoms with Crippen LogP contribution in [0.25, 0.3) is 0 Å². The molecule has 142 valence electrons. The third-order valence-corrected chi connectivity index (χ3v) is 5.22. The Hall–Kier alpha value is -1.18. The maximum absolute atomic E-state index is 5.79. The molecule has 2 rings (SSSR count). The summed E-state index contributed by atoms with van der Waals surface area (Å²) in [5, 5.41) is 7.87. The van der Waals surface area contributed by atoms with Crippen molar-refractivity contribution in [2.24, 2.45) is 4.99 Å². The minimum Gasteiger partial charge on any atom is -0.373 e. The molecular weight excluding hydrogens is 334 g/mol. The van der Waals surface area contributed by atoms with E-state index in [1.54, 1.807) is 11.3 Å². The lowest BCUT2D eigenvalue weighted by Crippen LogP contribution is -2.46. The minimum absolute atomic E-state index is 0.335. The first-order chi connectivity index (χ1) is 12.0. The molecular formula is C18H33N5OS. The van der Waals surface area contributed by atoms with Crippen molar-refractivity contribution in [1.82, 2.24) is 20.5 Å². The van der Waals surface area contributed by atoms with E-state index in [0.717, 1.165) is 55.8 Å². The molecule has 0 amide bonds. The van der Waals surface area contributed by atoms with E-state index in [4.69, 9.17) is 9.73 Å². The monoisotopic (exact) mass is 367 g/mol. The largest absolute Gasteiger partial charge is 0.373 e. The second-order valence-electron chi connectivity index (χ2n) is 6.73. The van der Waals surface area contributed by atoms with Crippen molar-refractivity contribution in [1.29, 1.82) is 0 Å². The van der Waals surface area contributed by atoms with Gasteiger partial charge in [0.15, 0.2) is 5.96 Å². The smallest absolute Gasteiger partial charge is 0.191 e. The fraction of sp³-hybridized carbons (Fsp3) is 0.778. The van der Waals surface area contributed by atoms with Crippen LogP contribution >= 0.6 is 11.3 Å². The van der Waals surface area contributed by atoms with Crippen LogP contribution in [0.5, 0.6) is 0 Å². The van der Waals surface area contributed by atoms with Crippen molar-refractivity contribution in [2.45, 2.75) is 59.8 Å². The molecule has 2 N–H and O–H groups in total. The number of aromatic nitrogens is 1. The lowest BCUT2D eigenvalue weighted by Gasteiger charge is -2.35. The summed E-state index contributed by atoms with van der Waals surface area (Å²) in [6.45, 7) is 16.1. The van der Waals surface area contributed by atoms with E-state index < -0.39 is 0 Å². The molecule has 1 aromatic rings. The zero-order valence-corrected chi connectivity index (χ0v) is 17.1. The summed E-state index contributed by atoms with van der Waals surface area (Å²) < 4.78 is 5.79. The number of hydrogen-bond donors (Lipinski definition) is 2. The van der Waals surface area contributed by atoms with E-state index in [9.17, 15) is 0 Å². The number of rotatable bonds is 7. The Morgan fingerprint density at radius 1 is 1.28 bits per heavy atom. The summed E-state index contributed by atoms with van der Waals surface area (Å²) in [5.41, 5.74) is 1.10. The van der Waals surface area contributed by atoms with Crippen molar-refractivity contribution in [2.75, 3.05) is 32.7 Å². The highest BCUT2D eigenvalue weighted by Gasteiger charge is 2.21. The summed E-state index contributed by atoms with van der Waals surface area (Å²) in [4.78, 5) is 12.9. The second kappa shape index (κ2) is 10.1. The number of hydrogen-bond acceptors (Lipinski definition) is 5. The van der Waals surface area contributed by atoms with Crippen molar-refractivity contribution >= 4 is 17.3 Å². The van der Waals surface area contributed by atoms with E-state index in [-0.39, 0.29) is 0 Å². The molecule has 7 heteroatoms. The Morgan fingerprint density at radius 2 is 2.00 bits per heavy atom. The molecule has 1 aliphatic heterocycles. The molecule has 0 aromatic carbocycles. The Labute approximate surface area is 156 Å². The third kappa shape index (κ3) is 6.92. The van der Waals surface area contributed by atoms with Gasteiger partial charge in [0.05, 0.1) is 29.5 Å². The van der Waals surface area contributed by atoms with Gasteiger partial charge in [0, 0.05) is 37.6 Å². The van der Waals surface area contributed by atoms with Crippen molar-refractivity contribution < 1.29 is 4.74 Å². The van der Waals surface area contributed by atoms with Gasteiger partial charge in [0.25, 0.3) is 0 Å². The highest BCUT2D eigenvalue weighted by molar-refractivity contribution is 7.11. The number of guanidine groups is 1. The first-order valence-electron chi connectivity index (χ1n) is 9.30. The summed E-state index contributed by atoms with van der Waals surface area (Å²) in [6.07, 6.45) is 1.77. The summed E-state index contributed by atoms with van der Waals surface area (Å²) in [7, 11) is 0. The average Bonchev–Trinajstić information content (AvgIpc) is 2.86. The average molecular weight is 368 g/mol. The van der Waals surface area contributed by atoms with Crippen LogP contribution in [-0.4, -0.2) is 60.8 Å². The van der Waals surface area contributed by atoms with Crippen molar-refractivity contribution in [3.8, 4) is 0 Å². The van der Waals surface area contributed by atoms with Crippen LogP contribution in [0.3, 0.4) is 0 Å². The van der Waals surface area contributed by atoms with Crippen molar-refractivity contribution in [3.05, 3.63) is 15.6 Å². The fourth-order valence-corrected chi connectivity index (χ4v) is 4.05. The SMILES string of the molecule is CCNC(=NCc1sc(C)nc1C)NCCCN1CC(C)OC(C)C1. The van der Waals surface area contributed by atoms with Gasteiger partial charge in [0.1, 0.15) is 0 Å². The minimum atomic E-state index is 0.335. The van der Waals surface area contributed by atoms with Crippen LogP contribution in [0.1, 0.15) is 42.8 Å². The number of morpholine rings is 1. The molecule has 1 aromatic heterocycles. The van der Waals surface area contributed by atoms with Crippen molar-refractivity contribution in [3.63, 3.8) is 0 Å². The van der Waals surface area contributed by atoms with Gasteiger partial charge in [-0.15, -0.1) is 11.3 Å². The predicted octanol–water partition coefficient (Wildman–Crippen LogP) is 2.31. The molecule has 2 heterocycles. The van der Waals surface area contributed by atoms with Crippen LogP contribution in [0.4, 0.5) is 0 Å².